The number of hydrogen-bond donors (Lipinski definition) is 0. The first-order chi connectivity index (χ1) is 15.6. The van der Waals surface area contributed by atoms with Gasteiger partial charge in [-0.2, -0.15) is 0 Å². The van der Waals surface area contributed by atoms with Crippen molar-refractivity contribution >= 4 is 28.5 Å². The van der Waals surface area contributed by atoms with Gasteiger partial charge in [-0.05, 0) is 55.7 Å². The van der Waals surface area contributed by atoms with E-state index in [2.05, 4.69) is 0 Å². The highest BCUT2D eigenvalue weighted by Gasteiger charge is 2.35. The molecule has 7 heteroatoms. The van der Waals surface area contributed by atoms with Crippen LogP contribution >= 0.6 is 0 Å². The van der Waals surface area contributed by atoms with Crippen molar-refractivity contribution in [3.63, 3.8) is 0 Å². The first kappa shape index (κ1) is 20.5. The largest absolute Gasteiger partial charge is 0.497 e. The van der Waals surface area contributed by atoms with Crippen LogP contribution < -0.4 is 9.64 Å². The first-order valence-electron chi connectivity index (χ1n) is 11.3. The Hall–Kier alpha value is -3.35. The normalized spacial score (nSPS) is 19.0. The Bertz CT molecular complexity index is 1130. The Labute approximate surface area is 187 Å². The molecule has 166 valence electrons. The van der Waals surface area contributed by atoms with E-state index >= 15 is 0 Å². The summed E-state index contributed by atoms with van der Waals surface area (Å²) in [5, 5.41) is 0. The molecule has 2 aliphatic rings. The molecule has 2 aliphatic heterocycles. The highest BCUT2D eigenvalue weighted by Crippen LogP contribution is 2.34. The maximum absolute atomic E-state index is 13.1. The van der Waals surface area contributed by atoms with Gasteiger partial charge < -0.3 is 19.1 Å². The fourth-order valence-corrected chi connectivity index (χ4v) is 4.84. The Morgan fingerprint density at radius 1 is 1.06 bits per heavy atom. The number of ether oxygens (including phenoxy) is 1. The number of hydrogen-bond acceptors (Lipinski definition) is 4. The SMILES string of the molecule is COc1ccc(N2C[C@@H](c3nc4ccccc4n3CC(=O)N3CCCCC3)CC2=O)cc1. The number of amides is 2. The molecule has 0 saturated carbocycles. The number of anilines is 1. The van der Waals surface area contributed by atoms with Crippen molar-refractivity contribution in [3.05, 3.63) is 54.4 Å². The zero-order chi connectivity index (χ0) is 22.1. The number of rotatable bonds is 5. The molecule has 0 bridgehead atoms. The van der Waals surface area contributed by atoms with Crippen molar-refractivity contribution < 1.29 is 14.3 Å². The maximum atomic E-state index is 13.1. The lowest BCUT2D eigenvalue weighted by atomic mass is 10.1. The highest BCUT2D eigenvalue weighted by molar-refractivity contribution is 5.96. The number of nitrogens with zero attached hydrogens (tertiary/aromatic N) is 4. The van der Waals surface area contributed by atoms with Crippen LogP contribution in [0.5, 0.6) is 5.75 Å². The van der Waals surface area contributed by atoms with Gasteiger partial charge in [-0.15, -0.1) is 0 Å². The third-order valence-corrected chi connectivity index (χ3v) is 6.56. The van der Waals surface area contributed by atoms with Crippen molar-refractivity contribution in [2.24, 2.45) is 0 Å². The smallest absolute Gasteiger partial charge is 0.242 e. The van der Waals surface area contributed by atoms with Crippen LogP contribution in [0.1, 0.15) is 37.4 Å². The van der Waals surface area contributed by atoms with Gasteiger partial charge in [-0.1, -0.05) is 12.1 Å². The van der Waals surface area contributed by atoms with Crippen LogP contribution in [0, 0.1) is 0 Å². The van der Waals surface area contributed by atoms with E-state index in [0.29, 0.717) is 13.0 Å². The van der Waals surface area contributed by atoms with Crippen molar-refractivity contribution in [3.8, 4) is 5.75 Å². The molecule has 5 rings (SSSR count). The average Bonchev–Trinajstić information content (AvgIpc) is 3.40. The number of benzene rings is 2. The Morgan fingerprint density at radius 2 is 1.81 bits per heavy atom. The number of aromatic nitrogens is 2. The third kappa shape index (κ3) is 3.83. The molecule has 1 aromatic heterocycles. The first-order valence-corrected chi connectivity index (χ1v) is 11.3. The second-order valence-electron chi connectivity index (χ2n) is 8.59. The molecule has 3 aromatic rings. The molecular weight excluding hydrogens is 404 g/mol. The Morgan fingerprint density at radius 3 is 2.56 bits per heavy atom. The molecule has 0 aliphatic carbocycles. The summed E-state index contributed by atoms with van der Waals surface area (Å²) in [6.07, 6.45) is 3.70. The zero-order valence-corrected chi connectivity index (χ0v) is 18.4. The van der Waals surface area contributed by atoms with E-state index < -0.39 is 0 Å². The molecule has 3 heterocycles. The van der Waals surface area contributed by atoms with Gasteiger partial charge in [0, 0.05) is 37.7 Å². The summed E-state index contributed by atoms with van der Waals surface area (Å²) >= 11 is 0. The Kier molecular flexibility index (Phi) is 5.55. The van der Waals surface area contributed by atoms with Crippen LogP contribution in [0.4, 0.5) is 5.69 Å². The van der Waals surface area contributed by atoms with Crippen molar-refractivity contribution in [1.29, 1.82) is 0 Å². The summed E-state index contributed by atoms with van der Waals surface area (Å²) in [7, 11) is 1.63. The topological polar surface area (TPSA) is 67.7 Å². The lowest BCUT2D eigenvalue weighted by Gasteiger charge is -2.27. The Balaban J connectivity index is 1.43. The van der Waals surface area contributed by atoms with Crippen molar-refractivity contribution in [2.75, 3.05) is 31.6 Å². The summed E-state index contributed by atoms with van der Waals surface area (Å²) in [6.45, 7) is 2.47. The number of methoxy groups -OCH3 is 1. The van der Waals surface area contributed by atoms with Gasteiger partial charge in [-0.25, -0.2) is 4.98 Å². The number of carbonyl (C=O) groups is 2. The van der Waals surface area contributed by atoms with Crippen molar-refractivity contribution in [2.45, 2.75) is 38.1 Å². The minimum absolute atomic E-state index is 0.0637. The third-order valence-electron chi connectivity index (χ3n) is 6.56. The average molecular weight is 433 g/mol. The minimum atomic E-state index is -0.0637. The molecule has 1 atom stereocenters. The van der Waals surface area contributed by atoms with Gasteiger partial charge in [0.1, 0.15) is 18.1 Å². The lowest BCUT2D eigenvalue weighted by molar-refractivity contribution is -0.132. The van der Waals surface area contributed by atoms with Crippen molar-refractivity contribution in [1.82, 2.24) is 14.5 Å². The zero-order valence-electron chi connectivity index (χ0n) is 18.4. The predicted octanol–water partition coefficient (Wildman–Crippen LogP) is 3.58. The molecule has 0 unspecified atom stereocenters. The van der Waals surface area contributed by atoms with Gasteiger partial charge in [0.2, 0.25) is 11.8 Å². The fraction of sp³-hybridized carbons (Fsp3) is 0.400. The standard InChI is InChI=1S/C25H28N4O3/c1-32-20-11-9-19(10-12-20)28-16-18(15-23(28)30)25-26-21-7-3-4-8-22(21)29(25)17-24(31)27-13-5-2-6-14-27/h3-4,7-12,18H,2,5-6,13-17H2,1H3/t18-/m0/s1. The summed E-state index contributed by atoms with van der Waals surface area (Å²) in [5.41, 5.74) is 2.66. The summed E-state index contributed by atoms with van der Waals surface area (Å²) in [4.78, 5) is 34.6. The van der Waals surface area contributed by atoms with Crippen LogP contribution in [0.2, 0.25) is 0 Å². The summed E-state index contributed by atoms with van der Waals surface area (Å²) in [5.74, 6) is 1.72. The second-order valence-corrected chi connectivity index (χ2v) is 8.59. The minimum Gasteiger partial charge on any atom is -0.497 e. The van der Waals surface area contributed by atoms with E-state index in [1.807, 2.05) is 58.0 Å². The van der Waals surface area contributed by atoms with E-state index in [1.54, 1.807) is 12.0 Å². The van der Waals surface area contributed by atoms with E-state index in [4.69, 9.17) is 9.72 Å². The highest BCUT2D eigenvalue weighted by atomic mass is 16.5. The van der Waals surface area contributed by atoms with Gasteiger partial charge >= 0.3 is 0 Å². The number of carbonyl (C=O) groups excluding carboxylic acids is 2. The predicted molar refractivity (Wildman–Crippen MR) is 123 cm³/mol. The summed E-state index contributed by atoms with van der Waals surface area (Å²) < 4.78 is 7.26. The quantitative estimate of drug-likeness (QED) is 0.618. The molecule has 2 aromatic carbocycles. The monoisotopic (exact) mass is 432 g/mol. The number of likely N-dealkylation sites (tertiary alicyclic amines) is 1. The molecule has 0 N–H and O–H groups in total. The summed E-state index contributed by atoms with van der Waals surface area (Å²) in [6, 6.07) is 15.4. The number of piperidine rings is 1. The molecular formula is C25H28N4O3. The van der Waals surface area contributed by atoms with Crippen LogP contribution in [0.15, 0.2) is 48.5 Å². The van der Waals surface area contributed by atoms with Crippen LogP contribution in [0.3, 0.4) is 0 Å². The fourth-order valence-electron chi connectivity index (χ4n) is 4.84. The molecule has 32 heavy (non-hydrogen) atoms. The molecule has 2 saturated heterocycles. The van der Waals surface area contributed by atoms with Gasteiger partial charge in [0.15, 0.2) is 0 Å². The molecule has 2 fully saturated rings. The van der Waals surface area contributed by atoms with Gasteiger partial charge in [0.25, 0.3) is 0 Å². The second kappa shape index (κ2) is 8.65. The maximum Gasteiger partial charge on any atom is 0.242 e. The van der Waals surface area contributed by atoms with E-state index in [0.717, 1.165) is 54.2 Å². The molecule has 0 radical (unpaired) electrons. The molecule has 2 amide bonds. The number of para-hydroxylation sites is 2. The van der Waals surface area contributed by atoms with Gasteiger partial charge in [-0.3, -0.25) is 9.59 Å². The molecule has 0 spiro atoms. The van der Waals surface area contributed by atoms with Crippen LogP contribution in [0.25, 0.3) is 11.0 Å². The van der Waals surface area contributed by atoms with E-state index in [-0.39, 0.29) is 24.3 Å². The van der Waals surface area contributed by atoms with Crippen LogP contribution in [-0.4, -0.2) is 53.0 Å². The van der Waals surface area contributed by atoms with Gasteiger partial charge in [0.05, 0.1) is 18.1 Å². The lowest BCUT2D eigenvalue weighted by Crippen LogP contribution is -2.38. The van der Waals surface area contributed by atoms with Crippen LogP contribution in [-0.2, 0) is 16.1 Å². The van der Waals surface area contributed by atoms with E-state index in [1.165, 1.54) is 6.42 Å². The van der Waals surface area contributed by atoms with E-state index in [9.17, 15) is 9.59 Å². The number of imidazole rings is 1. The molecule has 7 nitrogen and oxygen atoms in total. The number of fused-ring (bicyclic) bond motifs is 1.